The van der Waals surface area contributed by atoms with Gasteiger partial charge in [-0.15, -0.1) is 0 Å². The van der Waals surface area contributed by atoms with Crippen molar-refractivity contribution in [3.8, 4) is 0 Å². The number of hydrogen-bond acceptors (Lipinski definition) is 2. The fourth-order valence-electron chi connectivity index (χ4n) is 0.518. The summed E-state index contributed by atoms with van der Waals surface area (Å²) in [5.74, 6) is 0. The maximum Gasteiger partial charge on any atom is 0.197 e. The van der Waals surface area contributed by atoms with Crippen molar-refractivity contribution in [3.05, 3.63) is 12.3 Å². The second-order valence-electron chi connectivity index (χ2n) is 1.94. The zero-order valence-electron chi connectivity index (χ0n) is 4.86. The average molecular weight is 165 g/mol. The second kappa shape index (κ2) is 2.20. The van der Waals surface area contributed by atoms with Gasteiger partial charge in [-0.3, -0.25) is 0 Å². The zero-order chi connectivity index (χ0) is 6.91. The third-order valence-corrected chi connectivity index (χ3v) is 1.34. The summed E-state index contributed by atoms with van der Waals surface area (Å²) in [6.07, 6.45) is 3.30. The summed E-state index contributed by atoms with van der Waals surface area (Å²) in [6.45, 7) is 1.79. The normalized spacial score (nSPS) is 33.4. The van der Waals surface area contributed by atoms with Crippen LogP contribution in [0.3, 0.4) is 0 Å². The Hall–Kier alpha value is -0.210. The molecule has 0 aromatic carbocycles. The van der Waals surface area contributed by atoms with Gasteiger partial charge in [-0.05, 0) is 24.6 Å². The van der Waals surface area contributed by atoms with E-state index in [9.17, 15) is 0 Å². The standard InChI is InChI=1S/C5H6Cl2N2/c1-5(7)2-3-8-4(6)9-5/h2-3H,1H3,(H,8,9). The third-order valence-electron chi connectivity index (χ3n) is 0.923. The zero-order valence-corrected chi connectivity index (χ0v) is 6.37. The molecule has 0 fully saturated rings. The summed E-state index contributed by atoms with van der Waals surface area (Å²) in [4.78, 5) is 3.16. The number of nitrogens with zero attached hydrogens (tertiary/aromatic N) is 1. The molecule has 0 amide bonds. The molecule has 1 atom stereocenters. The number of alkyl halides is 1. The highest BCUT2D eigenvalue weighted by atomic mass is 35.5. The molecule has 1 heterocycles. The van der Waals surface area contributed by atoms with Gasteiger partial charge in [-0.2, -0.15) is 0 Å². The first-order valence-electron chi connectivity index (χ1n) is 2.48. The molecule has 4 heteroatoms. The van der Waals surface area contributed by atoms with Gasteiger partial charge < -0.3 is 5.32 Å². The molecule has 1 unspecified atom stereocenters. The van der Waals surface area contributed by atoms with Crippen LogP contribution in [0.2, 0.25) is 0 Å². The largest absolute Gasteiger partial charge is 0.339 e. The molecule has 50 valence electrons. The van der Waals surface area contributed by atoms with E-state index in [4.69, 9.17) is 23.2 Å². The number of halogens is 2. The van der Waals surface area contributed by atoms with Crippen molar-refractivity contribution in [2.24, 2.45) is 4.99 Å². The average Bonchev–Trinajstić information content (AvgIpc) is 1.60. The highest BCUT2D eigenvalue weighted by Crippen LogP contribution is 2.15. The number of nitrogens with one attached hydrogen (secondary N) is 1. The number of aliphatic imine (C=N–C) groups is 1. The summed E-state index contributed by atoms with van der Waals surface area (Å²) in [5.41, 5.74) is 0. The Balaban J connectivity index is 2.73. The Bertz CT molecular complexity index is 172. The van der Waals surface area contributed by atoms with Crippen molar-refractivity contribution in [1.82, 2.24) is 5.32 Å². The minimum absolute atomic E-state index is 0.329. The van der Waals surface area contributed by atoms with Gasteiger partial charge in [-0.1, -0.05) is 11.6 Å². The highest BCUT2D eigenvalue weighted by Gasteiger charge is 2.19. The Morgan fingerprint density at radius 3 is 2.78 bits per heavy atom. The summed E-state index contributed by atoms with van der Waals surface area (Å²) in [6, 6.07) is 0. The van der Waals surface area contributed by atoms with Crippen LogP contribution in [-0.2, 0) is 0 Å². The SMILES string of the molecule is CC1(Cl)C=CN=C(Cl)N1. The maximum absolute atomic E-state index is 5.80. The van der Waals surface area contributed by atoms with Crippen LogP contribution in [0.15, 0.2) is 17.3 Å². The summed E-state index contributed by atoms with van der Waals surface area (Å²) < 4.78 is 0. The van der Waals surface area contributed by atoms with E-state index in [-0.39, 0.29) is 0 Å². The Kier molecular flexibility index (Phi) is 1.68. The van der Waals surface area contributed by atoms with Crippen molar-refractivity contribution in [2.45, 2.75) is 11.9 Å². The van der Waals surface area contributed by atoms with Gasteiger partial charge in [0.1, 0.15) is 5.00 Å². The molecule has 0 saturated heterocycles. The van der Waals surface area contributed by atoms with Crippen molar-refractivity contribution >= 4 is 28.5 Å². The van der Waals surface area contributed by atoms with E-state index in [0.29, 0.717) is 5.29 Å². The van der Waals surface area contributed by atoms with Gasteiger partial charge in [0.15, 0.2) is 5.29 Å². The first-order chi connectivity index (χ1) is 4.10. The summed E-state index contributed by atoms with van der Waals surface area (Å²) in [7, 11) is 0. The molecule has 1 aliphatic rings. The van der Waals surface area contributed by atoms with Gasteiger partial charge >= 0.3 is 0 Å². The van der Waals surface area contributed by atoms with Crippen LogP contribution in [0, 0.1) is 0 Å². The second-order valence-corrected chi connectivity index (χ2v) is 3.08. The van der Waals surface area contributed by atoms with Crippen LogP contribution in [0.4, 0.5) is 0 Å². The quantitative estimate of drug-likeness (QED) is 0.428. The molecular weight excluding hydrogens is 159 g/mol. The number of hydrogen-bond donors (Lipinski definition) is 1. The Morgan fingerprint density at radius 1 is 1.78 bits per heavy atom. The fraction of sp³-hybridized carbons (Fsp3) is 0.400. The minimum Gasteiger partial charge on any atom is -0.339 e. The molecule has 2 nitrogen and oxygen atoms in total. The van der Waals surface area contributed by atoms with Gasteiger partial charge in [-0.25, -0.2) is 4.99 Å². The molecule has 1 N–H and O–H groups in total. The van der Waals surface area contributed by atoms with E-state index in [1.54, 1.807) is 19.2 Å². The lowest BCUT2D eigenvalue weighted by atomic mass is 10.3. The maximum atomic E-state index is 5.80. The molecule has 0 bridgehead atoms. The van der Waals surface area contributed by atoms with Crippen LogP contribution in [-0.4, -0.2) is 10.3 Å². The monoisotopic (exact) mass is 164 g/mol. The molecule has 0 aromatic rings. The van der Waals surface area contributed by atoms with Crippen LogP contribution >= 0.6 is 23.2 Å². The topological polar surface area (TPSA) is 24.4 Å². The molecule has 1 rings (SSSR count). The van der Waals surface area contributed by atoms with Gasteiger partial charge in [0.05, 0.1) is 0 Å². The van der Waals surface area contributed by atoms with Crippen molar-refractivity contribution in [3.63, 3.8) is 0 Å². The lowest BCUT2D eigenvalue weighted by Crippen LogP contribution is -2.38. The van der Waals surface area contributed by atoms with Gasteiger partial charge in [0, 0.05) is 6.20 Å². The van der Waals surface area contributed by atoms with E-state index in [0.717, 1.165) is 0 Å². The van der Waals surface area contributed by atoms with Gasteiger partial charge in [0.2, 0.25) is 0 Å². The van der Waals surface area contributed by atoms with E-state index in [2.05, 4.69) is 10.3 Å². The van der Waals surface area contributed by atoms with E-state index < -0.39 is 5.00 Å². The van der Waals surface area contributed by atoms with Crippen LogP contribution < -0.4 is 5.32 Å². The lowest BCUT2D eigenvalue weighted by molar-refractivity contribution is 0.720. The van der Waals surface area contributed by atoms with Gasteiger partial charge in [0.25, 0.3) is 0 Å². The number of rotatable bonds is 0. The molecular formula is C5H6Cl2N2. The summed E-state index contributed by atoms with van der Waals surface area (Å²) >= 11 is 11.3. The molecule has 1 aliphatic heterocycles. The molecule has 0 aromatic heterocycles. The first-order valence-corrected chi connectivity index (χ1v) is 3.24. The Labute approximate surface area is 63.6 Å². The Morgan fingerprint density at radius 2 is 2.44 bits per heavy atom. The fourth-order valence-corrected chi connectivity index (χ4v) is 0.965. The summed E-state index contributed by atoms with van der Waals surface area (Å²) in [5, 5.41) is 3.08. The van der Waals surface area contributed by atoms with E-state index in [1.807, 2.05) is 0 Å². The molecule has 0 radical (unpaired) electrons. The predicted octanol–water partition coefficient (Wildman–Crippen LogP) is 1.65. The molecule has 0 spiro atoms. The lowest BCUT2D eigenvalue weighted by Gasteiger charge is -2.21. The van der Waals surface area contributed by atoms with Crippen LogP contribution in [0.25, 0.3) is 0 Å². The van der Waals surface area contributed by atoms with Crippen LogP contribution in [0.5, 0.6) is 0 Å². The van der Waals surface area contributed by atoms with Crippen molar-refractivity contribution in [1.29, 1.82) is 0 Å². The molecule has 0 aliphatic carbocycles. The first kappa shape index (κ1) is 6.90. The number of amidine groups is 1. The molecule has 0 saturated carbocycles. The van der Waals surface area contributed by atoms with E-state index >= 15 is 0 Å². The highest BCUT2D eigenvalue weighted by molar-refractivity contribution is 6.65. The smallest absolute Gasteiger partial charge is 0.197 e. The molecule has 9 heavy (non-hydrogen) atoms. The van der Waals surface area contributed by atoms with Crippen molar-refractivity contribution < 1.29 is 0 Å². The third kappa shape index (κ3) is 1.88. The van der Waals surface area contributed by atoms with Crippen LogP contribution in [0.1, 0.15) is 6.92 Å². The minimum atomic E-state index is -0.571. The van der Waals surface area contributed by atoms with Crippen molar-refractivity contribution in [2.75, 3.05) is 0 Å². The van der Waals surface area contributed by atoms with E-state index in [1.165, 1.54) is 0 Å². The predicted molar refractivity (Wildman–Crippen MR) is 39.8 cm³/mol.